The molecule has 0 saturated heterocycles. The first-order valence-corrected chi connectivity index (χ1v) is 6.75. The van der Waals surface area contributed by atoms with Gasteiger partial charge in [0.2, 0.25) is 0 Å². The number of nitrogens with zero attached hydrogens (tertiary/aromatic N) is 1. The SMILES string of the molecule is Cc1c(C)c(=O)n(CCOc2cccc(CN)c2)[nH]c1=O. The van der Waals surface area contributed by atoms with Crippen LogP contribution in [-0.4, -0.2) is 16.4 Å². The number of aromatic nitrogens is 2. The third kappa shape index (κ3) is 3.41. The van der Waals surface area contributed by atoms with Crippen LogP contribution < -0.4 is 21.6 Å². The Labute approximate surface area is 122 Å². The van der Waals surface area contributed by atoms with Gasteiger partial charge in [0, 0.05) is 17.7 Å². The molecular formula is C15H19N3O3. The normalized spacial score (nSPS) is 10.6. The summed E-state index contributed by atoms with van der Waals surface area (Å²) in [6, 6.07) is 7.46. The van der Waals surface area contributed by atoms with Crippen LogP contribution in [0.3, 0.4) is 0 Å². The van der Waals surface area contributed by atoms with E-state index in [1.165, 1.54) is 4.68 Å². The summed E-state index contributed by atoms with van der Waals surface area (Å²) in [5, 5.41) is 2.54. The fraction of sp³-hybridized carbons (Fsp3) is 0.333. The molecule has 3 N–H and O–H groups in total. The zero-order valence-corrected chi connectivity index (χ0v) is 12.2. The Balaban J connectivity index is 2.07. The molecule has 0 unspecified atom stereocenters. The second kappa shape index (κ2) is 6.41. The van der Waals surface area contributed by atoms with E-state index >= 15 is 0 Å². The van der Waals surface area contributed by atoms with Crippen LogP contribution in [0.25, 0.3) is 0 Å². The number of nitrogens with two attached hydrogens (primary N) is 1. The van der Waals surface area contributed by atoms with Crippen molar-refractivity contribution in [1.82, 2.24) is 9.78 Å². The predicted molar refractivity (Wildman–Crippen MR) is 80.6 cm³/mol. The summed E-state index contributed by atoms with van der Waals surface area (Å²) in [6.45, 7) is 4.29. The highest BCUT2D eigenvalue weighted by Crippen LogP contribution is 2.12. The monoisotopic (exact) mass is 289 g/mol. The van der Waals surface area contributed by atoms with Crippen LogP contribution in [0.4, 0.5) is 0 Å². The number of hydrogen-bond acceptors (Lipinski definition) is 4. The molecule has 0 amide bonds. The van der Waals surface area contributed by atoms with E-state index in [-0.39, 0.29) is 24.3 Å². The van der Waals surface area contributed by atoms with Crippen molar-refractivity contribution in [3.8, 4) is 5.75 Å². The predicted octanol–water partition coefficient (Wildman–Crippen LogP) is 0.691. The third-order valence-corrected chi connectivity index (χ3v) is 3.42. The Morgan fingerprint density at radius 3 is 2.71 bits per heavy atom. The van der Waals surface area contributed by atoms with Gasteiger partial charge in [-0.2, -0.15) is 0 Å². The Bertz CT molecular complexity index is 747. The van der Waals surface area contributed by atoms with Gasteiger partial charge in [-0.05, 0) is 31.5 Å². The molecule has 2 rings (SSSR count). The molecule has 0 saturated carbocycles. The summed E-state index contributed by atoms with van der Waals surface area (Å²) in [5.74, 6) is 0.692. The van der Waals surface area contributed by atoms with E-state index in [0.29, 0.717) is 23.4 Å². The molecular weight excluding hydrogens is 270 g/mol. The topological polar surface area (TPSA) is 90.1 Å². The number of nitrogens with one attached hydrogen (secondary N) is 1. The van der Waals surface area contributed by atoms with E-state index in [4.69, 9.17) is 10.5 Å². The Kier molecular flexibility index (Phi) is 4.59. The zero-order chi connectivity index (χ0) is 15.4. The summed E-state index contributed by atoms with van der Waals surface area (Å²) in [7, 11) is 0. The molecule has 0 bridgehead atoms. The first-order chi connectivity index (χ1) is 10.0. The van der Waals surface area contributed by atoms with E-state index in [2.05, 4.69) is 5.10 Å². The average Bonchev–Trinajstić information content (AvgIpc) is 2.50. The van der Waals surface area contributed by atoms with E-state index in [1.54, 1.807) is 13.8 Å². The van der Waals surface area contributed by atoms with Crippen LogP contribution in [0, 0.1) is 13.8 Å². The van der Waals surface area contributed by atoms with Gasteiger partial charge < -0.3 is 10.5 Å². The molecule has 0 atom stereocenters. The van der Waals surface area contributed by atoms with E-state index in [9.17, 15) is 9.59 Å². The molecule has 0 aliphatic carbocycles. The minimum absolute atomic E-state index is 0.202. The highest BCUT2D eigenvalue weighted by molar-refractivity contribution is 5.28. The Morgan fingerprint density at radius 2 is 2.00 bits per heavy atom. The van der Waals surface area contributed by atoms with Gasteiger partial charge in [-0.1, -0.05) is 12.1 Å². The van der Waals surface area contributed by atoms with Crippen molar-refractivity contribution in [2.24, 2.45) is 5.73 Å². The molecule has 0 fully saturated rings. The molecule has 0 spiro atoms. The van der Waals surface area contributed by atoms with Crippen molar-refractivity contribution in [2.75, 3.05) is 6.61 Å². The minimum atomic E-state index is -0.253. The van der Waals surface area contributed by atoms with Crippen LogP contribution in [0.5, 0.6) is 5.75 Å². The highest BCUT2D eigenvalue weighted by atomic mass is 16.5. The molecule has 0 radical (unpaired) electrons. The lowest BCUT2D eigenvalue weighted by molar-refractivity contribution is 0.286. The smallest absolute Gasteiger partial charge is 0.268 e. The largest absolute Gasteiger partial charge is 0.492 e. The second-order valence-corrected chi connectivity index (χ2v) is 4.85. The lowest BCUT2D eigenvalue weighted by Gasteiger charge is -2.10. The van der Waals surface area contributed by atoms with Crippen LogP contribution in [0.15, 0.2) is 33.9 Å². The highest BCUT2D eigenvalue weighted by Gasteiger charge is 2.07. The average molecular weight is 289 g/mol. The zero-order valence-electron chi connectivity index (χ0n) is 12.2. The van der Waals surface area contributed by atoms with Crippen molar-refractivity contribution >= 4 is 0 Å². The van der Waals surface area contributed by atoms with E-state index in [0.717, 1.165) is 5.56 Å². The summed E-state index contributed by atoms with van der Waals surface area (Å²) < 4.78 is 6.86. The van der Waals surface area contributed by atoms with Crippen molar-refractivity contribution in [3.05, 3.63) is 61.7 Å². The van der Waals surface area contributed by atoms with Gasteiger partial charge >= 0.3 is 0 Å². The molecule has 6 nitrogen and oxygen atoms in total. The second-order valence-electron chi connectivity index (χ2n) is 4.85. The summed E-state index contributed by atoms with van der Waals surface area (Å²) in [5.41, 5.74) is 7.00. The van der Waals surface area contributed by atoms with Gasteiger partial charge in [-0.15, -0.1) is 0 Å². The summed E-state index contributed by atoms with van der Waals surface area (Å²) in [4.78, 5) is 23.7. The van der Waals surface area contributed by atoms with E-state index < -0.39 is 0 Å². The Hall–Kier alpha value is -2.34. The van der Waals surface area contributed by atoms with Crippen molar-refractivity contribution in [1.29, 1.82) is 0 Å². The molecule has 2 aromatic rings. The molecule has 1 aromatic heterocycles. The number of rotatable bonds is 5. The lowest BCUT2D eigenvalue weighted by Crippen LogP contribution is -2.34. The fourth-order valence-corrected chi connectivity index (χ4v) is 1.96. The molecule has 0 aliphatic rings. The number of ether oxygens (including phenoxy) is 1. The van der Waals surface area contributed by atoms with E-state index in [1.807, 2.05) is 24.3 Å². The number of aromatic amines is 1. The standard InChI is InChI=1S/C15H19N3O3/c1-10-11(2)15(20)18(17-14(10)19)6-7-21-13-5-3-4-12(8-13)9-16/h3-5,8H,6-7,9,16H2,1-2H3,(H,17,19). The maximum atomic E-state index is 12.0. The molecule has 1 heterocycles. The van der Waals surface area contributed by atoms with Crippen molar-refractivity contribution < 1.29 is 4.74 Å². The van der Waals surface area contributed by atoms with Gasteiger partial charge in [0.15, 0.2) is 0 Å². The van der Waals surface area contributed by atoms with Gasteiger partial charge in [0.05, 0.1) is 6.54 Å². The quantitative estimate of drug-likeness (QED) is 0.847. The molecule has 0 aliphatic heterocycles. The van der Waals surface area contributed by atoms with Gasteiger partial charge in [-0.25, -0.2) is 4.68 Å². The Morgan fingerprint density at radius 1 is 1.24 bits per heavy atom. The minimum Gasteiger partial charge on any atom is -0.492 e. The number of benzene rings is 1. The molecule has 112 valence electrons. The number of H-pyrrole nitrogens is 1. The van der Waals surface area contributed by atoms with Crippen LogP contribution >= 0.6 is 0 Å². The maximum Gasteiger partial charge on any atom is 0.268 e. The first-order valence-electron chi connectivity index (χ1n) is 6.75. The maximum absolute atomic E-state index is 12.0. The summed E-state index contributed by atoms with van der Waals surface area (Å²) in [6.07, 6.45) is 0. The molecule has 1 aromatic carbocycles. The van der Waals surface area contributed by atoms with Gasteiger partial charge in [-0.3, -0.25) is 14.7 Å². The van der Waals surface area contributed by atoms with Crippen LogP contribution in [-0.2, 0) is 13.1 Å². The molecule has 6 heteroatoms. The molecule has 21 heavy (non-hydrogen) atoms. The fourth-order valence-electron chi connectivity index (χ4n) is 1.96. The summed E-state index contributed by atoms with van der Waals surface area (Å²) >= 11 is 0. The first kappa shape index (κ1) is 15.1. The van der Waals surface area contributed by atoms with Crippen LogP contribution in [0.1, 0.15) is 16.7 Å². The van der Waals surface area contributed by atoms with Crippen molar-refractivity contribution in [3.63, 3.8) is 0 Å². The van der Waals surface area contributed by atoms with Crippen molar-refractivity contribution in [2.45, 2.75) is 26.9 Å². The third-order valence-electron chi connectivity index (χ3n) is 3.42. The van der Waals surface area contributed by atoms with Gasteiger partial charge in [0.25, 0.3) is 11.1 Å². The lowest BCUT2D eigenvalue weighted by atomic mass is 10.2. The van der Waals surface area contributed by atoms with Crippen LogP contribution in [0.2, 0.25) is 0 Å². The van der Waals surface area contributed by atoms with Gasteiger partial charge in [0.1, 0.15) is 12.4 Å². The number of hydrogen-bond donors (Lipinski definition) is 2.